The number of aromatic nitrogens is 1. The Morgan fingerprint density at radius 2 is 2.00 bits per heavy atom. The zero-order chi connectivity index (χ0) is 20.6. The molecule has 2 aromatic carbocycles. The average Bonchev–Trinajstić information content (AvgIpc) is 3.13. The third-order valence-corrected chi connectivity index (χ3v) is 6.26. The van der Waals surface area contributed by atoms with E-state index in [2.05, 4.69) is 9.71 Å². The molecule has 1 aliphatic heterocycles. The van der Waals surface area contributed by atoms with E-state index in [9.17, 15) is 17.6 Å². The van der Waals surface area contributed by atoms with Crippen molar-refractivity contribution in [1.29, 1.82) is 0 Å². The molecule has 29 heavy (non-hydrogen) atoms. The van der Waals surface area contributed by atoms with Gasteiger partial charge in [0.25, 0.3) is 15.9 Å². The van der Waals surface area contributed by atoms with Crippen LogP contribution in [-0.4, -0.2) is 25.9 Å². The summed E-state index contributed by atoms with van der Waals surface area (Å²) in [6, 6.07) is 11.6. The number of amides is 1. The van der Waals surface area contributed by atoms with Crippen molar-refractivity contribution in [2.75, 3.05) is 16.2 Å². The lowest BCUT2D eigenvalue weighted by Crippen LogP contribution is -2.29. The maximum atomic E-state index is 13.3. The van der Waals surface area contributed by atoms with Gasteiger partial charge in [0, 0.05) is 24.6 Å². The van der Waals surface area contributed by atoms with E-state index in [0.29, 0.717) is 24.2 Å². The topological polar surface area (TPSA) is 79.4 Å². The molecule has 0 atom stereocenters. The highest BCUT2D eigenvalue weighted by Gasteiger charge is 2.26. The SMILES string of the molecule is O=C(c1cccnc1)N1CCc2ccc(NS(=O)(=O)c3ccc(F)c(Cl)c3)cc21. The summed E-state index contributed by atoms with van der Waals surface area (Å²) in [4.78, 5) is 18.2. The summed E-state index contributed by atoms with van der Waals surface area (Å²) >= 11 is 5.70. The Bertz CT molecular complexity index is 1200. The minimum absolute atomic E-state index is 0.160. The summed E-state index contributed by atoms with van der Waals surface area (Å²) in [5, 5.41) is -0.282. The zero-order valence-electron chi connectivity index (χ0n) is 15.0. The van der Waals surface area contributed by atoms with Gasteiger partial charge in [0.05, 0.1) is 21.2 Å². The van der Waals surface area contributed by atoms with Crippen LogP contribution >= 0.6 is 11.6 Å². The molecule has 0 saturated heterocycles. The minimum atomic E-state index is -3.97. The fourth-order valence-electron chi connectivity index (χ4n) is 3.16. The second-order valence-corrected chi connectivity index (χ2v) is 8.56. The van der Waals surface area contributed by atoms with E-state index in [4.69, 9.17) is 11.6 Å². The van der Waals surface area contributed by atoms with Crippen LogP contribution in [0.5, 0.6) is 0 Å². The highest BCUT2D eigenvalue weighted by Crippen LogP contribution is 2.33. The molecule has 0 radical (unpaired) electrons. The Morgan fingerprint density at radius 1 is 1.17 bits per heavy atom. The van der Waals surface area contributed by atoms with Crippen LogP contribution in [0.1, 0.15) is 15.9 Å². The number of hydrogen-bond acceptors (Lipinski definition) is 4. The van der Waals surface area contributed by atoms with Gasteiger partial charge in [-0.2, -0.15) is 0 Å². The largest absolute Gasteiger partial charge is 0.308 e. The number of hydrogen-bond donors (Lipinski definition) is 1. The molecule has 0 aliphatic carbocycles. The smallest absolute Gasteiger partial charge is 0.261 e. The summed E-state index contributed by atoms with van der Waals surface area (Å²) < 4.78 is 41.0. The first-order valence-corrected chi connectivity index (χ1v) is 10.5. The summed E-state index contributed by atoms with van der Waals surface area (Å²) in [5.74, 6) is -0.908. The molecule has 0 fully saturated rings. The van der Waals surface area contributed by atoms with Crippen LogP contribution in [0, 0.1) is 5.82 Å². The number of carbonyl (C=O) groups is 1. The van der Waals surface area contributed by atoms with E-state index in [1.807, 2.05) is 0 Å². The molecular weight excluding hydrogens is 417 g/mol. The van der Waals surface area contributed by atoms with E-state index >= 15 is 0 Å². The van der Waals surface area contributed by atoms with Gasteiger partial charge in [-0.05, 0) is 54.4 Å². The molecule has 9 heteroatoms. The van der Waals surface area contributed by atoms with Crippen molar-refractivity contribution in [3.63, 3.8) is 0 Å². The zero-order valence-corrected chi connectivity index (χ0v) is 16.5. The maximum Gasteiger partial charge on any atom is 0.261 e. The van der Waals surface area contributed by atoms with Crippen LogP contribution in [0.3, 0.4) is 0 Å². The van der Waals surface area contributed by atoms with Crippen molar-refractivity contribution >= 4 is 38.9 Å². The van der Waals surface area contributed by atoms with Crippen LogP contribution in [0.2, 0.25) is 5.02 Å². The predicted octanol–water partition coefficient (Wildman–Crippen LogP) is 3.88. The van der Waals surface area contributed by atoms with E-state index < -0.39 is 15.8 Å². The number of rotatable bonds is 4. The normalized spacial score (nSPS) is 13.2. The molecule has 1 amide bonds. The molecule has 6 nitrogen and oxygen atoms in total. The quantitative estimate of drug-likeness (QED) is 0.680. The van der Waals surface area contributed by atoms with E-state index in [1.54, 1.807) is 41.4 Å². The van der Waals surface area contributed by atoms with Crippen molar-refractivity contribution in [2.45, 2.75) is 11.3 Å². The van der Waals surface area contributed by atoms with Gasteiger partial charge < -0.3 is 4.90 Å². The first kappa shape index (κ1) is 19.4. The highest BCUT2D eigenvalue weighted by molar-refractivity contribution is 7.92. The van der Waals surface area contributed by atoms with Crippen molar-refractivity contribution in [2.24, 2.45) is 0 Å². The number of anilines is 2. The number of halogens is 2. The lowest BCUT2D eigenvalue weighted by Gasteiger charge is -2.18. The van der Waals surface area contributed by atoms with Gasteiger partial charge in [-0.15, -0.1) is 0 Å². The van der Waals surface area contributed by atoms with Crippen molar-refractivity contribution in [3.8, 4) is 0 Å². The van der Waals surface area contributed by atoms with Gasteiger partial charge in [0.15, 0.2) is 0 Å². The molecule has 1 aromatic heterocycles. The minimum Gasteiger partial charge on any atom is -0.308 e. The van der Waals surface area contributed by atoms with Gasteiger partial charge in [0.1, 0.15) is 5.82 Å². The number of nitrogens with one attached hydrogen (secondary N) is 1. The average molecular weight is 432 g/mol. The molecule has 2 heterocycles. The number of benzene rings is 2. The monoisotopic (exact) mass is 431 g/mol. The van der Waals surface area contributed by atoms with Crippen LogP contribution in [-0.2, 0) is 16.4 Å². The maximum absolute atomic E-state index is 13.3. The predicted molar refractivity (Wildman–Crippen MR) is 108 cm³/mol. The molecule has 3 aromatic rings. The first-order valence-electron chi connectivity index (χ1n) is 8.68. The van der Waals surface area contributed by atoms with E-state index in [0.717, 1.165) is 23.8 Å². The lowest BCUT2D eigenvalue weighted by molar-refractivity contribution is 0.0989. The van der Waals surface area contributed by atoms with Crippen LogP contribution in [0.25, 0.3) is 0 Å². The third-order valence-electron chi connectivity index (χ3n) is 4.59. The second kappa shape index (κ2) is 7.46. The number of fused-ring (bicyclic) bond motifs is 1. The van der Waals surface area contributed by atoms with Crippen LogP contribution in [0.4, 0.5) is 15.8 Å². The highest BCUT2D eigenvalue weighted by atomic mass is 35.5. The number of nitrogens with zero attached hydrogens (tertiary/aromatic N) is 2. The van der Waals surface area contributed by atoms with Crippen LogP contribution in [0.15, 0.2) is 65.8 Å². The van der Waals surface area contributed by atoms with Gasteiger partial charge in [-0.3, -0.25) is 14.5 Å². The standard InChI is InChI=1S/C20H15ClFN3O3S/c21-17-11-16(5-6-18(17)22)29(27,28)24-15-4-3-13-7-9-25(19(13)10-15)20(26)14-2-1-8-23-12-14/h1-6,8,10-12,24H,7,9H2. The Hall–Kier alpha value is -2.97. The fraction of sp³-hybridized carbons (Fsp3) is 0.100. The second-order valence-electron chi connectivity index (χ2n) is 6.47. The molecule has 0 spiro atoms. The lowest BCUT2D eigenvalue weighted by atomic mass is 10.1. The molecule has 0 saturated carbocycles. The summed E-state index contributed by atoms with van der Waals surface area (Å²) in [6.45, 7) is 0.493. The van der Waals surface area contributed by atoms with Gasteiger partial charge in [-0.1, -0.05) is 17.7 Å². The third kappa shape index (κ3) is 3.81. The van der Waals surface area contributed by atoms with E-state index in [1.165, 1.54) is 6.20 Å². The first-order chi connectivity index (χ1) is 13.8. The number of sulfonamides is 1. The Balaban J connectivity index is 1.63. The number of carbonyl (C=O) groups excluding carboxylic acids is 1. The Morgan fingerprint density at radius 3 is 2.72 bits per heavy atom. The molecule has 1 aliphatic rings. The van der Waals surface area contributed by atoms with Crippen LogP contribution < -0.4 is 9.62 Å². The van der Waals surface area contributed by atoms with E-state index in [-0.39, 0.29) is 21.5 Å². The van der Waals surface area contributed by atoms with Crippen molar-refractivity contribution in [3.05, 3.63) is 82.9 Å². The Labute approximate surface area is 172 Å². The molecule has 4 rings (SSSR count). The van der Waals surface area contributed by atoms with Crippen molar-refractivity contribution < 1.29 is 17.6 Å². The molecule has 0 unspecified atom stereocenters. The summed E-state index contributed by atoms with van der Waals surface area (Å²) in [5.41, 5.74) is 2.31. The summed E-state index contributed by atoms with van der Waals surface area (Å²) in [6.07, 6.45) is 3.75. The van der Waals surface area contributed by atoms with Crippen molar-refractivity contribution in [1.82, 2.24) is 4.98 Å². The molecular formula is C20H15ClFN3O3S. The Kier molecular flexibility index (Phi) is 4.97. The van der Waals surface area contributed by atoms with Gasteiger partial charge >= 0.3 is 0 Å². The summed E-state index contributed by atoms with van der Waals surface area (Å²) in [7, 11) is -3.97. The van der Waals surface area contributed by atoms with Gasteiger partial charge in [-0.25, -0.2) is 12.8 Å². The molecule has 0 bridgehead atoms. The number of pyridine rings is 1. The fourth-order valence-corrected chi connectivity index (χ4v) is 4.48. The van der Waals surface area contributed by atoms with Gasteiger partial charge in [0.2, 0.25) is 0 Å². The molecule has 1 N–H and O–H groups in total. The molecule has 148 valence electrons.